The van der Waals surface area contributed by atoms with Crippen molar-refractivity contribution in [3.05, 3.63) is 82.4 Å². The summed E-state index contributed by atoms with van der Waals surface area (Å²) in [6.45, 7) is 4.29. The molecule has 0 bridgehead atoms. The van der Waals surface area contributed by atoms with Crippen LogP contribution in [0.5, 0.6) is 0 Å². The molecule has 1 aliphatic rings. The predicted molar refractivity (Wildman–Crippen MR) is 111 cm³/mol. The van der Waals surface area contributed by atoms with Crippen LogP contribution in [0.3, 0.4) is 0 Å². The van der Waals surface area contributed by atoms with Gasteiger partial charge >= 0.3 is 0 Å². The van der Waals surface area contributed by atoms with Crippen LogP contribution in [0.2, 0.25) is 0 Å². The summed E-state index contributed by atoms with van der Waals surface area (Å²) in [5.41, 5.74) is 4.58. The van der Waals surface area contributed by atoms with Crippen LogP contribution in [0.15, 0.2) is 60.1 Å². The van der Waals surface area contributed by atoms with Gasteiger partial charge in [0.15, 0.2) is 5.13 Å². The number of nitrogens with zero attached hydrogens (tertiary/aromatic N) is 1. The zero-order chi connectivity index (χ0) is 18.9. The molecule has 2 unspecified atom stereocenters. The lowest BCUT2D eigenvalue weighted by Crippen LogP contribution is -2.37. The van der Waals surface area contributed by atoms with Crippen LogP contribution in [0, 0.1) is 5.41 Å². The summed E-state index contributed by atoms with van der Waals surface area (Å²) in [5, 5.41) is 5.59. The van der Waals surface area contributed by atoms with Crippen LogP contribution in [0.1, 0.15) is 48.4 Å². The molecule has 1 amide bonds. The SMILES string of the molecule is CCCc1ccc2c(c1)C(c1ccccc1)C(C)(C(=O)Nc1nccs1)C2. The van der Waals surface area contributed by atoms with Gasteiger partial charge in [-0.3, -0.25) is 4.79 Å². The molecule has 1 aliphatic carbocycles. The fourth-order valence-corrected chi connectivity index (χ4v) is 4.81. The van der Waals surface area contributed by atoms with E-state index < -0.39 is 5.41 Å². The standard InChI is InChI=1S/C23H24N2OS/c1-3-7-16-10-11-18-15-23(2,21(26)25-22-24-12-13-27-22)20(19(18)14-16)17-8-5-4-6-9-17/h4-6,8-14,20H,3,7,15H2,1-2H3,(H,24,25,26). The second kappa shape index (κ2) is 7.28. The topological polar surface area (TPSA) is 42.0 Å². The quantitative estimate of drug-likeness (QED) is 0.645. The Morgan fingerprint density at radius 1 is 1.26 bits per heavy atom. The first-order valence-corrected chi connectivity index (χ1v) is 10.4. The van der Waals surface area contributed by atoms with E-state index >= 15 is 0 Å². The molecule has 3 nitrogen and oxygen atoms in total. The largest absolute Gasteiger partial charge is 0.301 e. The van der Waals surface area contributed by atoms with E-state index in [0.29, 0.717) is 5.13 Å². The summed E-state index contributed by atoms with van der Waals surface area (Å²) in [6, 6.07) is 17.2. The number of carbonyl (C=O) groups excluding carboxylic acids is 1. The normalized spacial score (nSPS) is 21.0. The molecule has 1 N–H and O–H groups in total. The van der Waals surface area contributed by atoms with Crippen LogP contribution in [-0.2, 0) is 17.6 Å². The molecule has 4 rings (SSSR count). The maximum absolute atomic E-state index is 13.4. The van der Waals surface area contributed by atoms with Crippen LogP contribution in [-0.4, -0.2) is 10.9 Å². The number of amides is 1. The Kier molecular flexibility index (Phi) is 4.83. The molecule has 2 atom stereocenters. The van der Waals surface area contributed by atoms with Crippen molar-refractivity contribution in [3.8, 4) is 0 Å². The van der Waals surface area contributed by atoms with Gasteiger partial charge in [0, 0.05) is 17.5 Å². The van der Waals surface area contributed by atoms with Gasteiger partial charge in [-0.25, -0.2) is 4.98 Å². The lowest BCUT2D eigenvalue weighted by Gasteiger charge is -2.31. The number of fused-ring (bicyclic) bond motifs is 1. The Balaban J connectivity index is 1.77. The molecular weight excluding hydrogens is 352 g/mol. The van der Waals surface area contributed by atoms with E-state index in [2.05, 4.69) is 66.6 Å². The van der Waals surface area contributed by atoms with E-state index in [4.69, 9.17) is 0 Å². The second-order valence-electron chi connectivity index (χ2n) is 7.51. The number of rotatable bonds is 5. The summed E-state index contributed by atoms with van der Waals surface area (Å²) < 4.78 is 0. The molecular formula is C23H24N2OS. The fourth-order valence-electron chi connectivity index (χ4n) is 4.29. The number of aromatic nitrogens is 1. The van der Waals surface area contributed by atoms with Crippen LogP contribution in [0.4, 0.5) is 5.13 Å². The van der Waals surface area contributed by atoms with E-state index in [1.165, 1.54) is 33.6 Å². The summed E-state index contributed by atoms with van der Waals surface area (Å²) >= 11 is 1.46. The molecule has 0 saturated heterocycles. The van der Waals surface area contributed by atoms with Crippen molar-refractivity contribution >= 4 is 22.4 Å². The van der Waals surface area contributed by atoms with Gasteiger partial charge in [0.2, 0.25) is 5.91 Å². The Hall–Kier alpha value is -2.46. The monoisotopic (exact) mass is 376 g/mol. The number of anilines is 1. The third-order valence-corrected chi connectivity index (χ3v) is 6.25. The van der Waals surface area contributed by atoms with Gasteiger partial charge in [0.25, 0.3) is 0 Å². The predicted octanol–water partition coefficient (Wildman–Crippen LogP) is 5.43. The minimum Gasteiger partial charge on any atom is -0.301 e. The highest BCUT2D eigenvalue weighted by atomic mass is 32.1. The number of hydrogen-bond donors (Lipinski definition) is 1. The smallest absolute Gasteiger partial charge is 0.233 e. The lowest BCUT2D eigenvalue weighted by atomic mass is 9.73. The molecule has 1 aromatic heterocycles. The van der Waals surface area contributed by atoms with E-state index in [0.717, 1.165) is 19.3 Å². The molecule has 0 aliphatic heterocycles. The molecule has 27 heavy (non-hydrogen) atoms. The molecule has 0 fully saturated rings. The minimum atomic E-state index is -0.541. The van der Waals surface area contributed by atoms with E-state index in [9.17, 15) is 4.79 Å². The molecule has 0 saturated carbocycles. The van der Waals surface area contributed by atoms with E-state index in [1.54, 1.807) is 6.20 Å². The first-order valence-electron chi connectivity index (χ1n) is 9.49. The Labute approximate surface area is 164 Å². The number of carbonyl (C=O) groups is 1. The first-order chi connectivity index (χ1) is 13.1. The molecule has 138 valence electrons. The van der Waals surface area contributed by atoms with Gasteiger partial charge in [0.1, 0.15) is 0 Å². The molecule has 1 heterocycles. The lowest BCUT2D eigenvalue weighted by molar-refractivity contribution is -0.125. The van der Waals surface area contributed by atoms with Gasteiger partial charge in [-0.1, -0.05) is 61.9 Å². The molecule has 2 aromatic carbocycles. The summed E-state index contributed by atoms with van der Waals surface area (Å²) in [5.74, 6) is 0.0880. The van der Waals surface area contributed by atoms with Crippen LogP contribution < -0.4 is 5.32 Å². The highest BCUT2D eigenvalue weighted by molar-refractivity contribution is 7.13. The van der Waals surface area contributed by atoms with Crippen molar-refractivity contribution in [2.24, 2.45) is 5.41 Å². The number of aryl methyl sites for hydroxylation is 1. The third kappa shape index (κ3) is 3.30. The Bertz CT molecular complexity index is 936. The summed E-state index contributed by atoms with van der Waals surface area (Å²) in [6.07, 6.45) is 4.65. The van der Waals surface area contributed by atoms with Crippen molar-refractivity contribution in [3.63, 3.8) is 0 Å². The van der Waals surface area contributed by atoms with E-state index in [-0.39, 0.29) is 11.8 Å². The highest BCUT2D eigenvalue weighted by Crippen LogP contribution is 2.51. The van der Waals surface area contributed by atoms with Crippen LogP contribution in [0.25, 0.3) is 0 Å². The Morgan fingerprint density at radius 2 is 2.07 bits per heavy atom. The number of nitrogens with one attached hydrogen (secondary N) is 1. The van der Waals surface area contributed by atoms with Crippen molar-refractivity contribution in [2.45, 2.75) is 39.0 Å². The van der Waals surface area contributed by atoms with Gasteiger partial charge < -0.3 is 5.32 Å². The Morgan fingerprint density at radius 3 is 2.78 bits per heavy atom. The van der Waals surface area contributed by atoms with Crippen molar-refractivity contribution in [1.82, 2.24) is 4.98 Å². The number of benzene rings is 2. The average Bonchev–Trinajstić information content (AvgIpc) is 3.28. The van der Waals surface area contributed by atoms with Crippen LogP contribution >= 0.6 is 11.3 Å². The zero-order valence-electron chi connectivity index (χ0n) is 15.7. The number of hydrogen-bond acceptors (Lipinski definition) is 3. The molecule has 3 aromatic rings. The van der Waals surface area contributed by atoms with Gasteiger partial charge in [-0.05, 0) is 42.0 Å². The third-order valence-electron chi connectivity index (χ3n) is 5.56. The average molecular weight is 377 g/mol. The molecule has 0 radical (unpaired) electrons. The summed E-state index contributed by atoms with van der Waals surface area (Å²) in [7, 11) is 0. The zero-order valence-corrected chi connectivity index (χ0v) is 16.6. The van der Waals surface area contributed by atoms with E-state index in [1.807, 2.05) is 11.4 Å². The van der Waals surface area contributed by atoms with Gasteiger partial charge in [0.05, 0.1) is 5.41 Å². The van der Waals surface area contributed by atoms with Crippen molar-refractivity contribution in [1.29, 1.82) is 0 Å². The van der Waals surface area contributed by atoms with Crippen molar-refractivity contribution < 1.29 is 4.79 Å². The first kappa shape index (κ1) is 17.9. The summed E-state index contributed by atoms with van der Waals surface area (Å²) in [4.78, 5) is 17.6. The van der Waals surface area contributed by atoms with Crippen molar-refractivity contribution in [2.75, 3.05) is 5.32 Å². The van der Waals surface area contributed by atoms with Gasteiger partial charge in [-0.15, -0.1) is 11.3 Å². The molecule has 4 heteroatoms. The second-order valence-corrected chi connectivity index (χ2v) is 8.41. The number of thiazole rings is 1. The maximum Gasteiger partial charge on any atom is 0.233 e. The highest BCUT2D eigenvalue weighted by Gasteiger charge is 2.48. The molecule has 0 spiro atoms. The fraction of sp³-hybridized carbons (Fsp3) is 0.304. The minimum absolute atomic E-state index is 0.0412. The maximum atomic E-state index is 13.4. The van der Waals surface area contributed by atoms with Gasteiger partial charge in [-0.2, -0.15) is 0 Å².